The van der Waals surface area contributed by atoms with Crippen LogP contribution in [-0.4, -0.2) is 17.9 Å². The highest BCUT2D eigenvalue weighted by Crippen LogP contribution is 2.28. The van der Waals surface area contributed by atoms with Crippen molar-refractivity contribution < 1.29 is 9.18 Å². The van der Waals surface area contributed by atoms with Gasteiger partial charge in [0.25, 0.3) is 5.91 Å². The Kier molecular flexibility index (Phi) is 4.09. The van der Waals surface area contributed by atoms with Gasteiger partial charge in [-0.15, -0.1) is 11.3 Å². The summed E-state index contributed by atoms with van der Waals surface area (Å²) in [7, 11) is 1.70. The number of benzene rings is 1. The molecule has 0 saturated heterocycles. The quantitative estimate of drug-likeness (QED) is 0.878. The summed E-state index contributed by atoms with van der Waals surface area (Å²) in [6.45, 7) is 3.96. The summed E-state index contributed by atoms with van der Waals surface area (Å²) in [4.78, 5) is 16.3. The predicted molar refractivity (Wildman–Crippen MR) is 80.4 cm³/mol. The molecule has 0 bridgehead atoms. The Balaban J connectivity index is 2.26. The smallest absolute Gasteiger partial charge is 0.256 e. The highest BCUT2D eigenvalue weighted by molar-refractivity contribution is 7.12. The molecule has 2 rings (SSSR count). The minimum Gasteiger partial charge on any atom is -0.398 e. The van der Waals surface area contributed by atoms with Gasteiger partial charge in [0.1, 0.15) is 5.82 Å². The highest BCUT2D eigenvalue weighted by Gasteiger charge is 2.22. The van der Waals surface area contributed by atoms with Crippen LogP contribution in [-0.2, 0) is 0 Å². The van der Waals surface area contributed by atoms with E-state index >= 15 is 0 Å². The molecule has 0 radical (unpaired) electrons. The summed E-state index contributed by atoms with van der Waals surface area (Å²) in [5.74, 6) is -0.740. The maximum absolute atomic E-state index is 13.3. The molecule has 0 fully saturated rings. The predicted octanol–water partition coefficient (Wildman–Crippen LogP) is 3.61. The van der Waals surface area contributed by atoms with Gasteiger partial charge < -0.3 is 10.6 Å². The van der Waals surface area contributed by atoms with Gasteiger partial charge in [0.05, 0.1) is 11.6 Å². The Hall–Kier alpha value is -1.88. The lowest BCUT2D eigenvalue weighted by Gasteiger charge is -2.24. The number of nitrogens with two attached hydrogens (primary N) is 1. The third kappa shape index (κ3) is 2.82. The molecule has 0 aliphatic rings. The van der Waals surface area contributed by atoms with Crippen molar-refractivity contribution in [1.82, 2.24) is 4.90 Å². The molecule has 0 aliphatic carbocycles. The van der Waals surface area contributed by atoms with E-state index in [4.69, 9.17) is 5.73 Å². The standard InChI is InChI=1S/C15H17FN2OS/c1-9-4-7-14(20-9)10(2)18(3)15(19)12-8-11(16)5-6-13(12)17/h4-8,10H,17H2,1-3H3. The van der Waals surface area contributed by atoms with E-state index in [9.17, 15) is 9.18 Å². The van der Waals surface area contributed by atoms with Gasteiger partial charge in [-0.25, -0.2) is 4.39 Å². The van der Waals surface area contributed by atoms with E-state index in [-0.39, 0.29) is 23.2 Å². The van der Waals surface area contributed by atoms with Gasteiger partial charge in [-0.3, -0.25) is 4.79 Å². The van der Waals surface area contributed by atoms with Crippen LogP contribution in [0.4, 0.5) is 10.1 Å². The number of rotatable bonds is 3. The number of thiophene rings is 1. The largest absolute Gasteiger partial charge is 0.398 e. The summed E-state index contributed by atoms with van der Waals surface area (Å²) in [5, 5.41) is 0. The van der Waals surface area contributed by atoms with Gasteiger partial charge in [0, 0.05) is 22.5 Å². The second-order valence-electron chi connectivity index (χ2n) is 4.77. The Labute approximate surface area is 121 Å². The molecule has 1 amide bonds. The van der Waals surface area contributed by atoms with Crippen molar-refractivity contribution in [3.05, 3.63) is 51.5 Å². The molecular formula is C15H17FN2OS. The average Bonchev–Trinajstić information content (AvgIpc) is 2.85. The number of halogens is 1. The fraction of sp³-hybridized carbons (Fsp3) is 0.267. The van der Waals surface area contributed by atoms with Crippen LogP contribution in [0.3, 0.4) is 0 Å². The molecule has 2 N–H and O–H groups in total. The maximum Gasteiger partial charge on any atom is 0.256 e. The zero-order chi connectivity index (χ0) is 14.9. The van der Waals surface area contributed by atoms with Crippen molar-refractivity contribution in [2.24, 2.45) is 0 Å². The minimum atomic E-state index is -0.462. The molecule has 1 aromatic heterocycles. The van der Waals surface area contributed by atoms with E-state index in [1.165, 1.54) is 23.1 Å². The van der Waals surface area contributed by atoms with E-state index in [0.29, 0.717) is 0 Å². The van der Waals surface area contributed by atoms with Crippen LogP contribution in [0.2, 0.25) is 0 Å². The fourth-order valence-electron chi connectivity index (χ4n) is 1.95. The first kappa shape index (κ1) is 14.5. The number of anilines is 1. The number of nitrogens with zero attached hydrogens (tertiary/aromatic N) is 1. The van der Waals surface area contributed by atoms with Crippen LogP contribution in [0.1, 0.15) is 33.1 Å². The molecule has 1 unspecified atom stereocenters. The van der Waals surface area contributed by atoms with Gasteiger partial charge in [0.15, 0.2) is 0 Å². The first-order valence-corrected chi connectivity index (χ1v) is 7.10. The lowest BCUT2D eigenvalue weighted by molar-refractivity contribution is 0.0745. The monoisotopic (exact) mass is 292 g/mol. The summed E-state index contributed by atoms with van der Waals surface area (Å²) < 4.78 is 13.3. The van der Waals surface area contributed by atoms with E-state index in [0.717, 1.165) is 4.88 Å². The van der Waals surface area contributed by atoms with Crippen LogP contribution in [0, 0.1) is 12.7 Å². The van der Waals surface area contributed by atoms with Gasteiger partial charge in [-0.05, 0) is 44.2 Å². The van der Waals surface area contributed by atoms with Crippen molar-refractivity contribution in [2.75, 3.05) is 12.8 Å². The average molecular weight is 292 g/mol. The molecule has 0 aliphatic heterocycles. The molecule has 5 heteroatoms. The molecule has 2 aromatic rings. The SMILES string of the molecule is Cc1ccc(C(C)N(C)C(=O)c2cc(F)ccc2N)s1. The topological polar surface area (TPSA) is 46.3 Å². The minimum absolute atomic E-state index is 0.0798. The third-order valence-corrected chi connectivity index (χ3v) is 4.49. The summed E-state index contributed by atoms with van der Waals surface area (Å²) in [5.41, 5.74) is 6.25. The number of carbonyl (C=O) groups excluding carboxylic acids is 1. The van der Waals surface area contributed by atoms with Crippen molar-refractivity contribution >= 4 is 22.9 Å². The molecule has 1 atom stereocenters. The summed E-state index contributed by atoms with van der Waals surface area (Å²) >= 11 is 1.64. The molecule has 0 saturated carbocycles. The fourth-order valence-corrected chi connectivity index (χ4v) is 2.92. The molecule has 0 spiro atoms. The van der Waals surface area contributed by atoms with Crippen molar-refractivity contribution in [3.8, 4) is 0 Å². The second kappa shape index (κ2) is 5.63. The number of hydrogen-bond acceptors (Lipinski definition) is 3. The van der Waals surface area contributed by atoms with Crippen molar-refractivity contribution in [2.45, 2.75) is 19.9 Å². The van der Waals surface area contributed by atoms with Crippen molar-refractivity contribution in [3.63, 3.8) is 0 Å². The third-order valence-electron chi connectivity index (χ3n) is 3.32. The number of nitrogen functional groups attached to an aromatic ring is 1. The highest BCUT2D eigenvalue weighted by atomic mass is 32.1. The number of aryl methyl sites for hydroxylation is 1. The maximum atomic E-state index is 13.3. The molecule has 3 nitrogen and oxygen atoms in total. The van der Waals surface area contributed by atoms with Crippen LogP contribution >= 0.6 is 11.3 Å². The van der Waals surface area contributed by atoms with Gasteiger partial charge in [0.2, 0.25) is 0 Å². The first-order chi connectivity index (χ1) is 9.40. The molecule has 106 valence electrons. The van der Waals surface area contributed by atoms with Crippen LogP contribution in [0.5, 0.6) is 0 Å². The molecular weight excluding hydrogens is 275 g/mol. The zero-order valence-corrected chi connectivity index (χ0v) is 12.5. The first-order valence-electron chi connectivity index (χ1n) is 6.28. The number of carbonyl (C=O) groups is 1. The van der Waals surface area contributed by atoms with E-state index in [1.807, 2.05) is 26.0 Å². The van der Waals surface area contributed by atoms with Crippen LogP contribution in [0.15, 0.2) is 30.3 Å². The Morgan fingerprint density at radius 2 is 2.05 bits per heavy atom. The van der Waals surface area contributed by atoms with Gasteiger partial charge in [-0.2, -0.15) is 0 Å². The lowest BCUT2D eigenvalue weighted by Crippen LogP contribution is -2.29. The number of amides is 1. The number of hydrogen-bond donors (Lipinski definition) is 1. The van der Waals surface area contributed by atoms with Gasteiger partial charge >= 0.3 is 0 Å². The van der Waals surface area contributed by atoms with Crippen LogP contribution in [0.25, 0.3) is 0 Å². The Morgan fingerprint density at radius 3 is 2.65 bits per heavy atom. The summed E-state index contributed by atoms with van der Waals surface area (Å²) in [6.07, 6.45) is 0. The zero-order valence-electron chi connectivity index (χ0n) is 11.7. The van der Waals surface area contributed by atoms with Crippen LogP contribution < -0.4 is 5.73 Å². The van der Waals surface area contributed by atoms with E-state index in [2.05, 4.69) is 0 Å². The van der Waals surface area contributed by atoms with Crippen molar-refractivity contribution in [1.29, 1.82) is 0 Å². The van der Waals surface area contributed by atoms with E-state index < -0.39 is 5.82 Å². The second-order valence-corrected chi connectivity index (χ2v) is 6.09. The molecule has 1 aromatic carbocycles. The molecule has 20 heavy (non-hydrogen) atoms. The Bertz CT molecular complexity index is 639. The lowest BCUT2D eigenvalue weighted by atomic mass is 10.1. The molecule has 1 heterocycles. The van der Waals surface area contributed by atoms with Gasteiger partial charge in [-0.1, -0.05) is 0 Å². The summed E-state index contributed by atoms with van der Waals surface area (Å²) in [6, 6.07) is 7.79. The van der Waals surface area contributed by atoms with E-state index in [1.54, 1.807) is 23.3 Å². The normalized spacial score (nSPS) is 12.2. The Morgan fingerprint density at radius 1 is 1.35 bits per heavy atom.